The summed E-state index contributed by atoms with van der Waals surface area (Å²) in [6.45, 7) is 2.00. The molecule has 1 aliphatic heterocycles. The van der Waals surface area contributed by atoms with Gasteiger partial charge in [-0.3, -0.25) is 4.79 Å². The maximum absolute atomic E-state index is 11.8. The van der Waals surface area contributed by atoms with Gasteiger partial charge in [0.05, 0.1) is 12.2 Å². The molecule has 1 atom stereocenters. The third-order valence-electron chi connectivity index (χ3n) is 2.78. The molecular formula is C12H14ClNO3. The number of hydrogen-bond acceptors (Lipinski definition) is 3. The average Bonchev–Trinajstić information content (AvgIpc) is 2.82. The van der Waals surface area contributed by atoms with Gasteiger partial charge in [0.1, 0.15) is 5.75 Å². The highest BCUT2D eigenvalue weighted by Crippen LogP contribution is 2.21. The van der Waals surface area contributed by atoms with Crippen molar-refractivity contribution >= 4 is 17.5 Å². The summed E-state index contributed by atoms with van der Waals surface area (Å²) in [6.07, 6.45) is 0.960. The lowest BCUT2D eigenvalue weighted by Crippen LogP contribution is -2.29. The Kier molecular flexibility index (Phi) is 3.86. The molecule has 92 valence electrons. The van der Waals surface area contributed by atoms with E-state index in [2.05, 4.69) is 5.32 Å². The van der Waals surface area contributed by atoms with E-state index in [1.165, 1.54) is 12.1 Å². The van der Waals surface area contributed by atoms with Crippen LogP contribution in [-0.4, -0.2) is 30.8 Å². The molecule has 4 nitrogen and oxygen atoms in total. The van der Waals surface area contributed by atoms with Crippen LogP contribution in [0, 0.1) is 5.92 Å². The fourth-order valence-electron chi connectivity index (χ4n) is 1.77. The highest BCUT2D eigenvalue weighted by Gasteiger charge is 2.18. The van der Waals surface area contributed by atoms with Crippen molar-refractivity contribution in [1.82, 2.24) is 5.32 Å². The summed E-state index contributed by atoms with van der Waals surface area (Å²) in [4.78, 5) is 11.8. The minimum atomic E-state index is -0.308. The molecule has 2 rings (SSSR count). The summed E-state index contributed by atoms with van der Waals surface area (Å²) in [5.41, 5.74) is 0.205. The van der Waals surface area contributed by atoms with E-state index in [0.717, 1.165) is 13.0 Å². The summed E-state index contributed by atoms with van der Waals surface area (Å²) >= 11 is 5.78. The Balaban J connectivity index is 1.96. The van der Waals surface area contributed by atoms with Crippen LogP contribution in [0.15, 0.2) is 18.2 Å². The molecule has 5 heteroatoms. The van der Waals surface area contributed by atoms with Gasteiger partial charge in [-0.05, 0) is 24.6 Å². The van der Waals surface area contributed by atoms with Crippen LogP contribution in [0.3, 0.4) is 0 Å². The highest BCUT2D eigenvalue weighted by molar-refractivity contribution is 6.31. The average molecular weight is 256 g/mol. The summed E-state index contributed by atoms with van der Waals surface area (Å²) in [5, 5.41) is 12.8. The van der Waals surface area contributed by atoms with Crippen LogP contribution >= 0.6 is 11.6 Å². The molecule has 0 aliphatic carbocycles. The molecule has 0 aromatic heterocycles. The number of halogens is 1. The Morgan fingerprint density at radius 3 is 3.12 bits per heavy atom. The molecule has 17 heavy (non-hydrogen) atoms. The molecule has 0 bridgehead atoms. The van der Waals surface area contributed by atoms with Gasteiger partial charge in [-0.15, -0.1) is 0 Å². The zero-order chi connectivity index (χ0) is 12.3. The maximum atomic E-state index is 11.8. The minimum Gasteiger partial charge on any atom is -0.507 e. The van der Waals surface area contributed by atoms with Crippen molar-refractivity contribution < 1.29 is 14.6 Å². The number of ether oxygens (including phenoxy) is 1. The largest absolute Gasteiger partial charge is 0.507 e. The van der Waals surface area contributed by atoms with Crippen molar-refractivity contribution in [3.05, 3.63) is 28.8 Å². The first-order valence-corrected chi connectivity index (χ1v) is 5.89. The third-order valence-corrected chi connectivity index (χ3v) is 3.01. The number of phenolic OH excluding ortho intramolecular Hbond substituents is 1. The third kappa shape index (κ3) is 3.11. The number of aromatic hydroxyl groups is 1. The molecule has 1 unspecified atom stereocenters. The zero-order valence-electron chi connectivity index (χ0n) is 9.28. The smallest absolute Gasteiger partial charge is 0.255 e. The van der Waals surface area contributed by atoms with Gasteiger partial charge in [0, 0.05) is 24.1 Å². The van der Waals surface area contributed by atoms with Crippen LogP contribution in [0.2, 0.25) is 5.02 Å². The lowest BCUT2D eigenvalue weighted by atomic mass is 10.1. The molecule has 0 radical (unpaired) electrons. The number of nitrogens with one attached hydrogen (secondary N) is 1. The molecule has 1 aromatic carbocycles. The molecule has 2 N–H and O–H groups in total. The number of amides is 1. The van der Waals surface area contributed by atoms with Crippen LogP contribution in [0.4, 0.5) is 0 Å². The second kappa shape index (κ2) is 5.38. The standard InChI is InChI=1S/C12H14ClNO3/c13-9-1-2-11(15)10(5-9)12(16)14-6-8-3-4-17-7-8/h1-2,5,8,15H,3-4,6-7H2,(H,14,16). The molecule has 1 aliphatic rings. The molecule has 1 aromatic rings. The van der Waals surface area contributed by atoms with Crippen LogP contribution < -0.4 is 5.32 Å². The van der Waals surface area contributed by atoms with E-state index in [4.69, 9.17) is 16.3 Å². The number of hydrogen-bond donors (Lipinski definition) is 2. The van der Waals surface area contributed by atoms with Crippen LogP contribution in [0.1, 0.15) is 16.8 Å². The normalized spacial score (nSPS) is 19.2. The van der Waals surface area contributed by atoms with Crippen molar-refractivity contribution in [2.75, 3.05) is 19.8 Å². The van der Waals surface area contributed by atoms with Crippen LogP contribution in [0.25, 0.3) is 0 Å². The topological polar surface area (TPSA) is 58.6 Å². The van der Waals surface area contributed by atoms with Crippen molar-refractivity contribution in [2.24, 2.45) is 5.92 Å². The number of phenols is 1. The van der Waals surface area contributed by atoms with Crippen molar-refractivity contribution in [3.63, 3.8) is 0 Å². The Hall–Kier alpha value is -1.26. The van der Waals surface area contributed by atoms with Gasteiger partial charge in [-0.1, -0.05) is 11.6 Å². The number of carbonyl (C=O) groups excluding carboxylic acids is 1. The Morgan fingerprint density at radius 1 is 1.59 bits per heavy atom. The number of benzene rings is 1. The number of rotatable bonds is 3. The molecule has 1 saturated heterocycles. The first kappa shape index (κ1) is 12.2. The van der Waals surface area contributed by atoms with E-state index in [0.29, 0.717) is 24.1 Å². The molecule has 0 saturated carbocycles. The fraction of sp³-hybridized carbons (Fsp3) is 0.417. The quantitative estimate of drug-likeness (QED) is 0.866. The van der Waals surface area contributed by atoms with E-state index in [1.54, 1.807) is 6.07 Å². The predicted octanol–water partition coefficient (Wildman–Crippen LogP) is 1.81. The summed E-state index contributed by atoms with van der Waals surface area (Å²) in [7, 11) is 0. The summed E-state index contributed by atoms with van der Waals surface area (Å²) < 4.78 is 5.22. The van der Waals surface area contributed by atoms with Crippen LogP contribution in [-0.2, 0) is 4.74 Å². The van der Waals surface area contributed by atoms with E-state index in [-0.39, 0.29) is 17.2 Å². The minimum absolute atomic E-state index is 0.0606. The van der Waals surface area contributed by atoms with Gasteiger partial charge in [0.2, 0.25) is 0 Å². The molecule has 1 fully saturated rings. The Morgan fingerprint density at radius 2 is 2.41 bits per heavy atom. The fourth-order valence-corrected chi connectivity index (χ4v) is 1.94. The van der Waals surface area contributed by atoms with Gasteiger partial charge >= 0.3 is 0 Å². The van der Waals surface area contributed by atoms with E-state index in [9.17, 15) is 9.90 Å². The maximum Gasteiger partial charge on any atom is 0.255 e. The van der Waals surface area contributed by atoms with Gasteiger partial charge in [-0.2, -0.15) is 0 Å². The summed E-state index contributed by atoms with van der Waals surface area (Å²) in [5.74, 6) is -0.00764. The van der Waals surface area contributed by atoms with Gasteiger partial charge in [0.25, 0.3) is 5.91 Å². The first-order valence-electron chi connectivity index (χ1n) is 5.51. The highest BCUT2D eigenvalue weighted by atomic mass is 35.5. The SMILES string of the molecule is O=C(NCC1CCOC1)c1cc(Cl)ccc1O. The van der Waals surface area contributed by atoms with Crippen molar-refractivity contribution in [3.8, 4) is 5.75 Å². The molecule has 1 amide bonds. The summed E-state index contributed by atoms with van der Waals surface area (Å²) in [6, 6.07) is 4.41. The second-order valence-corrected chi connectivity index (χ2v) is 4.54. The predicted molar refractivity (Wildman–Crippen MR) is 64.4 cm³/mol. The van der Waals surface area contributed by atoms with Gasteiger partial charge in [0.15, 0.2) is 0 Å². The lowest BCUT2D eigenvalue weighted by Gasteiger charge is -2.10. The van der Waals surface area contributed by atoms with Crippen molar-refractivity contribution in [1.29, 1.82) is 0 Å². The number of carbonyl (C=O) groups is 1. The monoisotopic (exact) mass is 255 g/mol. The Labute approximate surface area is 105 Å². The molecule has 1 heterocycles. The zero-order valence-corrected chi connectivity index (χ0v) is 10.0. The van der Waals surface area contributed by atoms with Crippen LogP contribution in [0.5, 0.6) is 5.75 Å². The molecule has 0 spiro atoms. The van der Waals surface area contributed by atoms with E-state index >= 15 is 0 Å². The van der Waals surface area contributed by atoms with Crippen molar-refractivity contribution in [2.45, 2.75) is 6.42 Å². The second-order valence-electron chi connectivity index (χ2n) is 4.10. The molecular weight excluding hydrogens is 242 g/mol. The van der Waals surface area contributed by atoms with E-state index < -0.39 is 0 Å². The van der Waals surface area contributed by atoms with Gasteiger partial charge in [-0.25, -0.2) is 0 Å². The van der Waals surface area contributed by atoms with E-state index in [1.807, 2.05) is 0 Å². The lowest BCUT2D eigenvalue weighted by molar-refractivity contribution is 0.0942. The Bertz CT molecular complexity index is 416. The first-order chi connectivity index (χ1) is 8.16. The van der Waals surface area contributed by atoms with Gasteiger partial charge < -0.3 is 15.2 Å².